The van der Waals surface area contributed by atoms with Crippen molar-refractivity contribution in [2.24, 2.45) is 5.73 Å². The molecule has 0 heterocycles. The predicted octanol–water partition coefficient (Wildman–Crippen LogP) is 1.37. The second kappa shape index (κ2) is 7.96. The molecule has 0 bridgehead atoms. The number of rotatable bonds is 8. The lowest BCUT2D eigenvalue weighted by Gasteiger charge is -2.27. The fraction of sp³-hybridized carbons (Fsp3) is 0.176. The van der Waals surface area contributed by atoms with Crippen LogP contribution in [-0.4, -0.2) is 37.4 Å². The lowest BCUT2D eigenvalue weighted by atomic mass is 9.90. The number of alkyl halides is 1. The molecule has 0 spiro atoms. The molecule has 0 aliphatic heterocycles. The summed E-state index contributed by atoms with van der Waals surface area (Å²) in [6, 6.07) is 13.0. The van der Waals surface area contributed by atoms with Crippen molar-refractivity contribution in [1.29, 1.82) is 0 Å². The molecule has 2 aromatic rings. The number of benzene rings is 2. The Kier molecular flexibility index (Phi) is 6.14. The van der Waals surface area contributed by atoms with E-state index in [0.717, 1.165) is 5.56 Å². The van der Waals surface area contributed by atoms with Crippen molar-refractivity contribution in [3.8, 4) is 0 Å². The van der Waals surface area contributed by atoms with Gasteiger partial charge in [-0.15, -0.1) is 11.6 Å². The fourth-order valence-electron chi connectivity index (χ4n) is 2.29. The SMILES string of the molecule is NCC(NS(=O)(=O)c1ccccc1)(C(=O)O)C(=O)c1ccc(CCl)cc1. The quantitative estimate of drug-likeness (QED) is 0.351. The van der Waals surface area contributed by atoms with Crippen molar-refractivity contribution in [2.75, 3.05) is 6.54 Å². The highest BCUT2D eigenvalue weighted by Gasteiger charge is 2.48. The van der Waals surface area contributed by atoms with Gasteiger partial charge in [-0.2, -0.15) is 4.72 Å². The van der Waals surface area contributed by atoms with Gasteiger partial charge in [-0.25, -0.2) is 13.2 Å². The van der Waals surface area contributed by atoms with Gasteiger partial charge < -0.3 is 10.8 Å². The first-order valence-corrected chi connectivity index (χ1v) is 9.51. The summed E-state index contributed by atoms with van der Waals surface area (Å²) < 4.78 is 27.1. The zero-order valence-corrected chi connectivity index (χ0v) is 15.1. The Morgan fingerprint density at radius 3 is 2.12 bits per heavy atom. The Hall–Kier alpha value is -2.26. The maximum atomic E-state index is 12.8. The van der Waals surface area contributed by atoms with Crippen LogP contribution >= 0.6 is 11.6 Å². The molecular formula is C17H17ClN2O5S. The smallest absolute Gasteiger partial charge is 0.334 e. The summed E-state index contributed by atoms with van der Waals surface area (Å²) in [6.45, 7) is -0.759. The molecule has 4 N–H and O–H groups in total. The van der Waals surface area contributed by atoms with Crippen LogP contribution in [0.3, 0.4) is 0 Å². The molecule has 0 fully saturated rings. The number of carboxylic acids is 1. The zero-order valence-electron chi connectivity index (χ0n) is 13.6. The Bertz CT molecular complexity index is 901. The van der Waals surface area contributed by atoms with Crippen LogP contribution in [0.15, 0.2) is 59.5 Å². The number of carbonyl (C=O) groups is 2. The first-order chi connectivity index (χ1) is 12.3. The van der Waals surface area contributed by atoms with Crippen LogP contribution in [0.25, 0.3) is 0 Å². The molecule has 0 amide bonds. The molecule has 2 rings (SSSR count). The predicted molar refractivity (Wildman–Crippen MR) is 96.5 cm³/mol. The van der Waals surface area contributed by atoms with E-state index < -0.39 is 33.9 Å². The number of hydrogen-bond donors (Lipinski definition) is 3. The lowest BCUT2D eigenvalue weighted by molar-refractivity contribution is -0.141. The zero-order chi connectivity index (χ0) is 19.4. The van der Waals surface area contributed by atoms with Gasteiger partial charge in [0.25, 0.3) is 0 Å². The van der Waals surface area contributed by atoms with Crippen LogP contribution in [0, 0.1) is 0 Å². The minimum Gasteiger partial charge on any atom is -0.479 e. The highest BCUT2D eigenvalue weighted by Crippen LogP contribution is 2.19. The van der Waals surface area contributed by atoms with Crippen LogP contribution in [0.4, 0.5) is 0 Å². The third-order valence-electron chi connectivity index (χ3n) is 3.79. The van der Waals surface area contributed by atoms with Gasteiger partial charge in [0.2, 0.25) is 15.6 Å². The average molecular weight is 397 g/mol. The Morgan fingerprint density at radius 1 is 1.08 bits per heavy atom. The summed E-state index contributed by atoms with van der Waals surface area (Å²) in [6.07, 6.45) is 0. The Labute approximate surface area is 155 Å². The average Bonchev–Trinajstić information content (AvgIpc) is 2.66. The van der Waals surface area contributed by atoms with Crippen molar-refractivity contribution in [1.82, 2.24) is 4.72 Å². The maximum Gasteiger partial charge on any atom is 0.334 e. The molecule has 1 atom stereocenters. The van der Waals surface area contributed by atoms with Gasteiger partial charge in [0.15, 0.2) is 5.78 Å². The van der Waals surface area contributed by atoms with Crippen molar-refractivity contribution < 1.29 is 23.1 Å². The molecule has 0 aliphatic carbocycles. The Balaban J connectivity index is 2.48. The number of nitrogens with one attached hydrogen (secondary N) is 1. The third-order valence-corrected chi connectivity index (χ3v) is 5.61. The molecule has 0 aliphatic rings. The number of Topliss-reactive ketones (excluding diaryl/α,β-unsaturated/α-hetero) is 1. The molecule has 138 valence electrons. The van der Waals surface area contributed by atoms with Crippen LogP contribution < -0.4 is 10.5 Å². The molecule has 26 heavy (non-hydrogen) atoms. The molecule has 2 aromatic carbocycles. The standard InChI is InChI=1S/C17H17ClN2O5S/c18-10-12-6-8-13(9-7-12)15(21)17(11-19,16(22)23)20-26(24,25)14-4-2-1-3-5-14/h1-9,20H,10-11,19H2,(H,22,23). The summed E-state index contributed by atoms with van der Waals surface area (Å²) in [5, 5.41) is 9.62. The molecular weight excluding hydrogens is 380 g/mol. The molecule has 0 radical (unpaired) electrons. The molecule has 7 nitrogen and oxygen atoms in total. The first kappa shape index (κ1) is 20.1. The van der Waals surface area contributed by atoms with Crippen molar-refractivity contribution in [3.05, 3.63) is 65.7 Å². The van der Waals surface area contributed by atoms with Crippen molar-refractivity contribution in [2.45, 2.75) is 16.3 Å². The summed E-state index contributed by atoms with van der Waals surface area (Å²) in [7, 11) is -4.29. The highest BCUT2D eigenvalue weighted by atomic mass is 35.5. The second-order valence-electron chi connectivity index (χ2n) is 5.49. The van der Waals surface area contributed by atoms with Crippen LogP contribution in [0.5, 0.6) is 0 Å². The summed E-state index contributed by atoms with van der Waals surface area (Å²) in [5.74, 6) is -2.44. The van der Waals surface area contributed by atoms with Crippen molar-refractivity contribution >= 4 is 33.4 Å². The highest BCUT2D eigenvalue weighted by molar-refractivity contribution is 7.89. The number of carbonyl (C=O) groups excluding carboxylic acids is 1. The largest absolute Gasteiger partial charge is 0.479 e. The number of nitrogens with two attached hydrogens (primary N) is 1. The third kappa shape index (κ3) is 3.94. The minimum absolute atomic E-state index is 0.00229. The normalized spacial score (nSPS) is 13.8. The van der Waals surface area contributed by atoms with Crippen LogP contribution in [-0.2, 0) is 20.7 Å². The van der Waals surface area contributed by atoms with E-state index in [9.17, 15) is 23.1 Å². The number of sulfonamides is 1. The van der Waals surface area contributed by atoms with Gasteiger partial charge in [-0.3, -0.25) is 4.79 Å². The summed E-state index contributed by atoms with van der Waals surface area (Å²) >= 11 is 5.69. The molecule has 1 unspecified atom stereocenters. The van der Waals surface area contributed by atoms with Crippen LogP contribution in [0.2, 0.25) is 0 Å². The van der Waals surface area contributed by atoms with E-state index in [1.807, 2.05) is 4.72 Å². The summed E-state index contributed by atoms with van der Waals surface area (Å²) in [5.41, 5.74) is 3.73. The van der Waals surface area contributed by atoms with E-state index in [2.05, 4.69) is 0 Å². The van der Waals surface area contributed by atoms with Gasteiger partial charge in [0.05, 0.1) is 4.90 Å². The van der Waals surface area contributed by atoms with E-state index >= 15 is 0 Å². The number of aliphatic carboxylic acids is 1. The molecule has 0 aromatic heterocycles. The van der Waals surface area contributed by atoms with E-state index in [1.165, 1.54) is 36.4 Å². The van der Waals surface area contributed by atoms with E-state index in [1.54, 1.807) is 18.2 Å². The number of ketones is 1. The minimum atomic E-state index is -4.29. The fourth-order valence-corrected chi connectivity index (χ4v) is 3.82. The van der Waals surface area contributed by atoms with Gasteiger partial charge in [0, 0.05) is 18.0 Å². The lowest BCUT2D eigenvalue weighted by Crippen LogP contribution is -2.64. The Morgan fingerprint density at radius 2 is 1.65 bits per heavy atom. The first-order valence-electron chi connectivity index (χ1n) is 7.49. The van der Waals surface area contributed by atoms with Crippen molar-refractivity contribution in [3.63, 3.8) is 0 Å². The van der Waals surface area contributed by atoms with E-state index in [4.69, 9.17) is 17.3 Å². The monoisotopic (exact) mass is 396 g/mol. The number of carboxylic acid groups (broad SMARTS) is 1. The second-order valence-corrected chi connectivity index (χ2v) is 7.44. The van der Waals surface area contributed by atoms with Gasteiger partial charge >= 0.3 is 5.97 Å². The van der Waals surface area contributed by atoms with E-state index in [0.29, 0.717) is 0 Å². The van der Waals surface area contributed by atoms with Gasteiger partial charge in [-0.05, 0) is 17.7 Å². The number of hydrogen-bond acceptors (Lipinski definition) is 5. The topological polar surface area (TPSA) is 127 Å². The van der Waals surface area contributed by atoms with Gasteiger partial charge in [0.1, 0.15) is 0 Å². The molecule has 0 saturated carbocycles. The number of halogens is 1. The van der Waals surface area contributed by atoms with E-state index in [-0.39, 0.29) is 16.3 Å². The maximum absolute atomic E-state index is 12.8. The molecule has 0 saturated heterocycles. The summed E-state index contributed by atoms with van der Waals surface area (Å²) in [4.78, 5) is 24.5. The van der Waals surface area contributed by atoms with Crippen LogP contribution in [0.1, 0.15) is 15.9 Å². The molecule has 9 heteroatoms. The van der Waals surface area contributed by atoms with Gasteiger partial charge in [-0.1, -0.05) is 42.5 Å².